The lowest BCUT2D eigenvalue weighted by atomic mass is 10.1. The summed E-state index contributed by atoms with van der Waals surface area (Å²) in [5.41, 5.74) is 7.21. The fourth-order valence-corrected chi connectivity index (χ4v) is 4.02. The van der Waals surface area contributed by atoms with Crippen molar-refractivity contribution >= 4 is 44.1 Å². The molecule has 1 aromatic heterocycles. The number of anilines is 1. The third kappa shape index (κ3) is 3.56. The minimum Gasteiger partial charge on any atom is -0.496 e. The molecule has 0 unspecified atom stereocenters. The first-order valence-electron chi connectivity index (χ1n) is 6.96. The average molecular weight is 397 g/mol. The Bertz CT molecular complexity index is 771. The van der Waals surface area contributed by atoms with Gasteiger partial charge in [-0.05, 0) is 53.0 Å². The van der Waals surface area contributed by atoms with Crippen molar-refractivity contribution in [2.75, 3.05) is 12.4 Å². The van der Waals surface area contributed by atoms with Crippen LogP contribution >= 0.6 is 27.3 Å². The second-order valence-corrected chi connectivity index (χ2v) is 6.94. The maximum atomic E-state index is 12.4. The molecule has 2 aromatic rings. The van der Waals surface area contributed by atoms with Gasteiger partial charge >= 0.3 is 0 Å². The van der Waals surface area contributed by atoms with Crippen molar-refractivity contribution < 1.29 is 14.3 Å². The van der Waals surface area contributed by atoms with Gasteiger partial charge in [-0.15, -0.1) is 11.3 Å². The Morgan fingerprint density at radius 3 is 2.61 bits per heavy atom. The quantitative estimate of drug-likeness (QED) is 0.807. The van der Waals surface area contributed by atoms with Gasteiger partial charge in [-0.3, -0.25) is 9.59 Å². The highest BCUT2D eigenvalue weighted by molar-refractivity contribution is 9.10. The van der Waals surface area contributed by atoms with Gasteiger partial charge in [0.2, 0.25) is 0 Å². The van der Waals surface area contributed by atoms with Crippen molar-refractivity contribution in [3.05, 3.63) is 44.2 Å². The molecular weight excluding hydrogens is 380 g/mol. The van der Waals surface area contributed by atoms with Crippen LogP contribution in [-0.4, -0.2) is 18.9 Å². The van der Waals surface area contributed by atoms with Crippen molar-refractivity contribution in [1.29, 1.82) is 0 Å². The van der Waals surface area contributed by atoms with Crippen LogP contribution in [0.25, 0.3) is 0 Å². The Hall–Kier alpha value is -1.86. The fourth-order valence-electron chi connectivity index (χ4n) is 2.34. The Morgan fingerprint density at radius 1 is 1.39 bits per heavy atom. The molecule has 0 spiro atoms. The molecule has 0 aliphatic heterocycles. The monoisotopic (exact) mass is 396 g/mol. The first-order chi connectivity index (χ1) is 10.9. The zero-order valence-electron chi connectivity index (χ0n) is 13.0. The number of nitrogens with one attached hydrogen (secondary N) is 1. The molecule has 0 saturated heterocycles. The van der Waals surface area contributed by atoms with E-state index in [1.165, 1.54) is 11.3 Å². The van der Waals surface area contributed by atoms with Crippen molar-refractivity contribution in [2.24, 2.45) is 5.73 Å². The lowest BCUT2D eigenvalue weighted by Gasteiger charge is -2.08. The van der Waals surface area contributed by atoms with E-state index in [4.69, 9.17) is 10.5 Å². The number of rotatable bonds is 5. The summed E-state index contributed by atoms with van der Waals surface area (Å²) in [6.45, 7) is 3.86. The summed E-state index contributed by atoms with van der Waals surface area (Å²) in [5.74, 6) is -0.197. The van der Waals surface area contributed by atoms with Crippen LogP contribution < -0.4 is 15.8 Å². The number of thiophene rings is 1. The van der Waals surface area contributed by atoms with Crippen LogP contribution in [0.2, 0.25) is 0 Å². The molecule has 122 valence electrons. The number of methoxy groups -OCH3 is 1. The molecule has 5 nitrogen and oxygen atoms in total. The molecule has 0 fully saturated rings. The molecule has 7 heteroatoms. The minimum atomic E-state index is -0.530. The number of ether oxygens (including phenoxy) is 1. The normalized spacial score (nSPS) is 10.4. The minimum absolute atomic E-state index is 0.306. The molecule has 1 aromatic carbocycles. The highest BCUT2D eigenvalue weighted by atomic mass is 79.9. The summed E-state index contributed by atoms with van der Waals surface area (Å²) < 4.78 is 5.82. The third-order valence-corrected chi connectivity index (χ3v) is 5.13. The number of primary amides is 1. The van der Waals surface area contributed by atoms with Gasteiger partial charge in [0, 0.05) is 10.4 Å². The number of hydrogen-bond donors (Lipinski definition) is 2. The lowest BCUT2D eigenvalue weighted by Crippen LogP contribution is -2.18. The summed E-state index contributed by atoms with van der Waals surface area (Å²) in [6.07, 6.45) is 0.685. The number of carbonyl (C=O) groups excluding carboxylic acids is 2. The van der Waals surface area contributed by atoms with E-state index in [0.29, 0.717) is 32.8 Å². The molecule has 0 bridgehead atoms. The summed E-state index contributed by atoms with van der Waals surface area (Å²) >= 11 is 4.71. The molecule has 2 amide bonds. The maximum Gasteiger partial charge on any atom is 0.256 e. The van der Waals surface area contributed by atoms with E-state index >= 15 is 0 Å². The van der Waals surface area contributed by atoms with Crippen LogP contribution in [0.4, 0.5) is 5.00 Å². The molecule has 0 aliphatic rings. The molecule has 0 radical (unpaired) electrons. The lowest BCUT2D eigenvalue weighted by molar-refractivity contribution is 0.100. The van der Waals surface area contributed by atoms with Crippen molar-refractivity contribution in [1.82, 2.24) is 0 Å². The predicted molar refractivity (Wildman–Crippen MR) is 95.6 cm³/mol. The Kier molecular flexibility index (Phi) is 5.43. The number of nitrogens with two attached hydrogens (primary N) is 1. The largest absolute Gasteiger partial charge is 0.496 e. The Labute approximate surface area is 147 Å². The molecule has 3 N–H and O–H groups in total. The van der Waals surface area contributed by atoms with E-state index in [1.807, 2.05) is 13.8 Å². The van der Waals surface area contributed by atoms with Crippen LogP contribution in [0, 0.1) is 6.92 Å². The standard InChI is InChI=1S/C16H17BrN2O3S/c1-4-10-8(2)23-16(13(10)14(18)20)19-15(21)9-5-6-12(22-3)11(17)7-9/h5-7H,4H2,1-3H3,(H2,18,20)(H,19,21). The topological polar surface area (TPSA) is 81.4 Å². The van der Waals surface area contributed by atoms with Gasteiger partial charge in [0.15, 0.2) is 0 Å². The van der Waals surface area contributed by atoms with Crippen LogP contribution in [-0.2, 0) is 6.42 Å². The number of halogens is 1. The summed E-state index contributed by atoms with van der Waals surface area (Å²) in [7, 11) is 1.56. The van der Waals surface area contributed by atoms with Crippen molar-refractivity contribution in [3.63, 3.8) is 0 Å². The fraction of sp³-hybridized carbons (Fsp3) is 0.250. The van der Waals surface area contributed by atoms with Gasteiger partial charge in [-0.2, -0.15) is 0 Å². The molecule has 0 saturated carbocycles. The van der Waals surface area contributed by atoms with E-state index in [1.54, 1.807) is 25.3 Å². The first-order valence-corrected chi connectivity index (χ1v) is 8.56. The van der Waals surface area contributed by atoms with Gasteiger partial charge in [-0.1, -0.05) is 6.92 Å². The number of benzene rings is 1. The number of hydrogen-bond acceptors (Lipinski definition) is 4. The summed E-state index contributed by atoms with van der Waals surface area (Å²) in [6, 6.07) is 5.02. The van der Waals surface area contributed by atoms with Crippen LogP contribution in [0.15, 0.2) is 22.7 Å². The molecular formula is C16H17BrN2O3S. The average Bonchev–Trinajstić information content (AvgIpc) is 2.82. The number of carbonyl (C=O) groups is 2. The van der Waals surface area contributed by atoms with Crippen LogP contribution in [0.5, 0.6) is 5.75 Å². The van der Waals surface area contributed by atoms with Crippen LogP contribution in [0.1, 0.15) is 38.1 Å². The van der Waals surface area contributed by atoms with E-state index < -0.39 is 5.91 Å². The van der Waals surface area contributed by atoms with Crippen molar-refractivity contribution in [3.8, 4) is 5.75 Å². The Balaban J connectivity index is 2.34. The zero-order chi connectivity index (χ0) is 17.1. The van der Waals surface area contributed by atoms with Gasteiger partial charge in [0.25, 0.3) is 11.8 Å². The van der Waals surface area contributed by atoms with E-state index in [0.717, 1.165) is 10.4 Å². The SMILES string of the molecule is CCc1c(C)sc(NC(=O)c2ccc(OC)c(Br)c2)c1C(N)=O. The second-order valence-electron chi connectivity index (χ2n) is 4.86. The van der Waals surface area contributed by atoms with E-state index in [2.05, 4.69) is 21.2 Å². The maximum absolute atomic E-state index is 12.4. The third-order valence-electron chi connectivity index (χ3n) is 3.45. The smallest absolute Gasteiger partial charge is 0.256 e. The van der Waals surface area contributed by atoms with E-state index in [9.17, 15) is 9.59 Å². The van der Waals surface area contributed by atoms with Crippen LogP contribution in [0.3, 0.4) is 0 Å². The molecule has 2 rings (SSSR count). The molecule has 0 aliphatic carbocycles. The van der Waals surface area contributed by atoms with Gasteiger partial charge < -0.3 is 15.8 Å². The highest BCUT2D eigenvalue weighted by Gasteiger charge is 2.21. The van der Waals surface area contributed by atoms with Gasteiger partial charge in [-0.25, -0.2) is 0 Å². The first kappa shape index (κ1) is 17.5. The van der Waals surface area contributed by atoms with E-state index in [-0.39, 0.29) is 5.91 Å². The summed E-state index contributed by atoms with van der Waals surface area (Å²) in [4.78, 5) is 25.1. The second kappa shape index (κ2) is 7.14. The number of aryl methyl sites for hydroxylation is 1. The Morgan fingerprint density at radius 2 is 2.09 bits per heavy atom. The van der Waals surface area contributed by atoms with Crippen molar-refractivity contribution in [2.45, 2.75) is 20.3 Å². The molecule has 0 atom stereocenters. The molecule has 1 heterocycles. The summed E-state index contributed by atoms with van der Waals surface area (Å²) in [5, 5.41) is 3.28. The zero-order valence-corrected chi connectivity index (χ0v) is 15.4. The predicted octanol–water partition coefficient (Wildman–Crippen LogP) is 3.74. The number of amides is 2. The van der Waals surface area contributed by atoms with Gasteiger partial charge in [0.05, 0.1) is 17.1 Å². The van der Waals surface area contributed by atoms with Gasteiger partial charge in [0.1, 0.15) is 10.8 Å². The highest BCUT2D eigenvalue weighted by Crippen LogP contribution is 2.34. The molecule has 23 heavy (non-hydrogen) atoms.